The molecule has 0 aliphatic heterocycles. The van der Waals surface area contributed by atoms with Crippen LogP contribution in [0, 0.1) is 0 Å². The van der Waals surface area contributed by atoms with Crippen LogP contribution in [0.1, 0.15) is 13.8 Å². The van der Waals surface area contributed by atoms with Gasteiger partial charge in [0.25, 0.3) is 0 Å². The number of carbonyl (C=O) groups is 1. The maximum absolute atomic E-state index is 11.0. The van der Waals surface area contributed by atoms with Gasteiger partial charge in [-0.25, -0.2) is 0 Å². The van der Waals surface area contributed by atoms with E-state index < -0.39 is 0 Å². The van der Waals surface area contributed by atoms with Gasteiger partial charge in [0, 0.05) is 0 Å². The molecule has 0 aliphatic carbocycles. The van der Waals surface area contributed by atoms with Gasteiger partial charge in [0.1, 0.15) is 17.3 Å². The van der Waals surface area contributed by atoms with Crippen LogP contribution < -0.4 is 0 Å². The second kappa shape index (κ2) is 4.37. The molecule has 0 amide bonds. The zero-order valence-corrected chi connectivity index (χ0v) is 8.84. The summed E-state index contributed by atoms with van der Waals surface area (Å²) in [5.41, 5.74) is 0. The lowest BCUT2D eigenvalue weighted by Gasteiger charge is -2.08. The zero-order chi connectivity index (χ0) is 10.7. The highest BCUT2D eigenvalue weighted by molar-refractivity contribution is 8.00. The number of rotatable bonds is 3. The first kappa shape index (κ1) is 10.9. The van der Waals surface area contributed by atoms with Crippen molar-refractivity contribution in [3.8, 4) is 11.5 Å². The minimum Gasteiger partial charge on any atom is -0.508 e. The Kier molecular flexibility index (Phi) is 3.41. The standard InChI is InChI=1S/C10H12O3S/c1-6(11)7(2)14-10-5-8(12)3-4-9(10)13/h3-5,7,12-13H,1-2H3. The molecular formula is C10H12O3S. The molecule has 0 aliphatic rings. The van der Waals surface area contributed by atoms with Crippen LogP contribution in [0.5, 0.6) is 11.5 Å². The predicted octanol–water partition coefficient (Wildman–Crippen LogP) is 2.17. The average Bonchev–Trinajstić information content (AvgIpc) is 2.11. The van der Waals surface area contributed by atoms with Gasteiger partial charge in [-0.05, 0) is 32.0 Å². The van der Waals surface area contributed by atoms with Crippen molar-refractivity contribution >= 4 is 17.5 Å². The molecule has 0 fully saturated rings. The van der Waals surface area contributed by atoms with E-state index in [9.17, 15) is 15.0 Å². The first-order valence-corrected chi connectivity index (χ1v) is 5.07. The predicted molar refractivity (Wildman–Crippen MR) is 55.8 cm³/mol. The van der Waals surface area contributed by atoms with E-state index >= 15 is 0 Å². The van der Waals surface area contributed by atoms with Crippen LogP contribution in [0.15, 0.2) is 23.1 Å². The third-order valence-electron chi connectivity index (χ3n) is 1.82. The molecule has 3 nitrogen and oxygen atoms in total. The first-order chi connectivity index (χ1) is 6.50. The second-order valence-electron chi connectivity index (χ2n) is 3.02. The Hall–Kier alpha value is -1.16. The van der Waals surface area contributed by atoms with E-state index in [2.05, 4.69) is 0 Å². The molecule has 0 spiro atoms. The fraction of sp³-hybridized carbons (Fsp3) is 0.300. The molecule has 76 valence electrons. The van der Waals surface area contributed by atoms with E-state index in [1.165, 1.54) is 36.9 Å². The van der Waals surface area contributed by atoms with Crippen LogP contribution in [-0.4, -0.2) is 21.2 Å². The first-order valence-electron chi connectivity index (χ1n) is 4.20. The number of benzene rings is 1. The Bertz CT molecular complexity index is 349. The highest BCUT2D eigenvalue weighted by Crippen LogP contribution is 2.34. The van der Waals surface area contributed by atoms with Crippen LogP contribution in [0.4, 0.5) is 0 Å². The van der Waals surface area contributed by atoms with Gasteiger partial charge in [-0.15, -0.1) is 11.8 Å². The van der Waals surface area contributed by atoms with Gasteiger partial charge >= 0.3 is 0 Å². The van der Waals surface area contributed by atoms with Crippen LogP contribution in [0.3, 0.4) is 0 Å². The lowest BCUT2D eigenvalue weighted by Crippen LogP contribution is -2.07. The van der Waals surface area contributed by atoms with Gasteiger partial charge in [-0.3, -0.25) is 4.79 Å². The monoisotopic (exact) mass is 212 g/mol. The summed E-state index contributed by atoms with van der Waals surface area (Å²) in [4.78, 5) is 11.5. The van der Waals surface area contributed by atoms with Crippen molar-refractivity contribution in [1.29, 1.82) is 0 Å². The molecule has 0 bridgehead atoms. The van der Waals surface area contributed by atoms with Crippen molar-refractivity contribution < 1.29 is 15.0 Å². The number of hydrogen-bond donors (Lipinski definition) is 2. The fourth-order valence-corrected chi connectivity index (χ4v) is 1.80. The van der Waals surface area contributed by atoms with Crippen LogP contribution in [0.25, 0.3) is 0 Å². The largest absolute Gasteiger partial charge is 0.508 e. The summed E-state index contributed by atoms with van der Waals surface area (Å²) in [6.45, 7) is 3.26. The number of carbonyl (C=O) groups excluding carboxylic acids is 1. The van der Waals surface area contributed by atoms with Crippen LogP contribution in [0.2, 0.25) is 0 Å². The number of phenolic OH excluding ortho intramolecular Hbond substituents is 2. The fourth-order valence-electron chi connectivity index (χ4n) is 0.871. The third-order valence-corrected chi connectivity index (χ3v) is 3.09. The van der Waals surface area contributed by atoms with Crippen molar-refractivity contribution in [2.45, 2.75) is 24.0 Å². The van der Waals surface area contributed by atoms with Gasteiger partial charge in [-0.2, -0.15) is 0 Å². The molecule has 0 aromatic heterocycles. The smallest absolute Gasteiger partial charge is 0.142 e. The van der Waals surface area contributed by atoms with Crippen molar-refractivity contribution in [2.75, 3.05) is 0 Å². The van der Waals surface area contributed by atoms with Crippen molar-refractivity contribution in [2.24, 2.45) is 0 Å². The Morgan fingerprint density at radius 3 is 2.64 bits per heavy atom. The molecular weight excluding hydrogens is 200 g/mol. The van der Waals surface area contributed by atoms with Gasteiger partial charge in [0.05, 0.1) is 10.1 Å². The summed E-state index contributed by atoms with van der Waals surface area (Å²) in [7, 11) is 0. The summed E-state index contributed by atoms with van der Waals surface area (Å²) >= 11 is 1.23. The van der Waals surface area contributed by atoms with Crippen molar-refractivity contribution in [3.63, 3.8) is 0 Å². The third kappa shape index (κ3) is 2.67. The molecule has 0 heterocycles. The maximum Gasteiger partial charge on any atom is 0.142 e. The normalized spacial score (nSPS) is 12.4. The van der Waals surface area contributed by atoms with E-state index in [0.29, 0.717) is 4.90 Å². The summed E-state index contributed by atoms with van der Waals surface area (Å²) in [6.07, 6.45) is 0. The van der Waals surface area contributed by atoms with Gasteiger partial charge < -0.3 is 10.2 Å². The maximum atomic E-state index is 11.0. The van der Waals surface area contributed by atoms with Gasteiger partial charge in [0.2, 0.25) is 0 Å². The molecule has 2 N–H and O–H groups in total. The molecule has 4 heteroatoms. The summed E-state index contributed by atoms with van der Waals surface area (Å²) in [5.74, 6) is 0.208. The number of Topliss-reactive ketones (excluding diaryl/α,β-unsaturated/α-hetero) is 1. The summed E-state index contributed by atoms with van der Waals surface area (Å²) in [5, 5.41) is 18.4. The number of hydrogen-bond acceptors (Lipinski definition) is 4. The van der Waals surface area contributed by atoms with Gasteiger partial charge in [0.15, 0.2) is 0 Å². The van der Waals surface area contributed by atoms with Crippen molar-refractivity contribution in [1.82, 2.24) is 0 Å². The minimum absolute atomic E-state index is 0.0396. The number of thioether (sulfide) groups is 1. The lowest BCUT2D eigenvalue weighted by molar-refractivity contribution is -0.116. The molecule has 1 unspecified atom stereocenters. The second-order valence-corrected chi connectivity index (χ2v) is 4.41. The van der Waals surface area contributed by atoms with E-state index in [0.717, 1.165) is 0 Å². The molecule has 1 aromatic carbocycles. The Morgan fingerprint density at radius 1 is 1.43 bits per heavy atom. The van der Waals surface area contributed by atoms with E-state index in [1.54, 1.807) is 6.92 Å². The quantitative estimate of drug-likeness (QED) is 0.595. The minimum atomic E-state index is -0.220. The summed E-state index contributed by atoms with van der Waals surface area (Å²) in [6, 6.07) is 4.25. The molecule has 14 heavy (non-hydrogen) atoms. The van der Waals surface area contributed by atoms with E-state index in [1.807, 2.05) is 0 Å². The molecule has 0 saturated heterocycles. The highest BCUT2D eigenvalue weighted by Gasteiger charge is 2.12. The van der Waals surface area contributed by atoms with Crippen LogP contribution >= 0.6 is 11.8 Å². The lowest BCUT2D eigenvalue weighted by atomic mass is 10.3. The van der Waals surface area contributed by atoms with Crippen LogP contribution in [-0.2, 0) is 4.79 Å². The number of phenols is 2. The SMILES string of the molecule is CC(=O)C(C)Sc1cc(O)ccc1O. The van der Waals surface area contributed by atoms with E-state index in [4.69, 9.17) is 0 Å². The average molecular weight is 212 g/mol. The number of ketones is 1. The molecule has 1 aromatic rings. The van der Waals surface area contributed by atoms with Gasteiger partial charge in [-0.1, -0.05) is 0 Å². The molecule has 1 atom stereocenters. The Labute approximate surface area is 86.8 Å². The molecule has 0 saturated carbocycles. The highest BCUT2D eigenvalue weighted by atomic mass is 32.2. The number of aromatic hydroxyl groups is 2. The van der Waals surface area contributed by atoms with Crippen molar-refractivity contribution in [3.05, 3.63) is 18.2 Å². The molecule has 1 rings (SSSR count). The topological polar surface area (TPSA) is 57.5 Å². The van der Waals surface area contributed by atoms with E-state index in [-0.39, 0.29) is 22.5 Å². The molecule has 0 radical (unpaired) electrons. The Morgan fingerprint density at radius 2 is 2.07 bits per heavy atom. The zero-order valence-electron chi connectivity index (χ0n) is 8.02. The summed E-state index contributed by atoms with van der Waals surface area (Å²) < 4.78 is 0. The Balaban J connectivity index is 2.85.